The molecule has 7 heteroatoms. The Bertz CT molecular complexity index is 1010. The van der Waals surface area contributed by atoms with Gasteiger partial charge in [-0.05, 0) is 42.3 Å². The van der Waals surface area contributed by atoms with E-state index in [9.17, 15) is 13.6 Å². The van der Waals surface area contributed by atoms with Crippen LogP contribution in [0.1, 0.15) is 18.1 Å². The maximum Gasteiger partial charge on any atom is 0.267 e. The second kappa shape index (κ2) is 6.95. The van der Waals surface area contributed by atoms with Crippen LogP contribution < -0.4 is 17.0 Å². The van der Waals surface area contributed by atoms with E-state index in [0.717, 1.165) is 5.56 Å². The van der Waals surface area contributed by atoms with Crippen LogP contribution in [-0.2, 0) is 13.0 Å². The average Bonchev–Trinajstić information content (AvgIpc) is 2.60. The van der Waals surface area contributed by atoms with E-state index in [1.54, 1.807) is 25.1 Å². The smallest absolute Gasteiger partial charge is 0.267 e. The Morgan fingerprint density at radius 3 is 2.31 bits per heavy atom. The highest BCUT2D eigenvalue weighted by atomic mass is 19.1. The normalized spacial score (nSPS) is 10.9. The monoisotopic (exact) mass is 356 g/mol. The van der Waals surface area contributed by atoms with E-state index >= 15 is 0 Å². The van der Waals surface area contributed by atoms with Crippen molar-refractivity contribution in [2.24, 2.45) is 0 Å². The lowest BCUT2D eigenvalue weighted by atomic mass is 10.1. The van der Waals surface area contributed by atoms with Crippen LogP contribution in [0.15, 0.2) is 47.3 Å². The molecule has 0 saturated carbocycles. The van der Waals surface area contributed by atoms with Gasteiger partial charge in [0.15, 0.2) is 0 Å². The van der Waals surface area contributed by atoms with Crippen molar-refractivity contribution in [2.75, 3.05) is 11.5 Å². The van der Waals surface area contributed by atoms with Gasteiger partial charge in [0, 0.05) is 17.2 Å². The van der Waals surface area contributed by atoms with Crippen LogP contribution in [0.25, 0.3) is 11.3 Å². The van der Waals surface area contributed by atoms with Crippen LogP contribution in [0.5, 0.6) is 0 Å². The summed E-state index contributed by atoms with van der Waals surface area (Å²) in [7, 11) is 0. The fourth-order valence-corrected chi connectivity index (χ4v) is 2.70. The van der Waals surface area contributed by atoms with E-state index in [4.69, 9.17) is 11.5 Å². The SMILES string of the molecule is CCc1c(F)cc(-c2ccc(=O)n(Cc3ccc(N)c(N)c3)n2)cc1F. The van der Waals surface area contributed by atoms with Gasteiger partial charge in [0.2, 0.25) is 0 Å². The molecule has 0 aliphatic carbocycles. The first-order valence-electron chi connectivity index (χ1n) is 8.09. The highest BCUT2D eigenvalue weighted by molar-refractivity contribution is 5.64. The first-order valence-corrected chi connectivity index (χ1v) is 8.09. The largest absolute Gasteiger partial charge is 0.397 e. The number of nitrogen functional groups attached to an aromatic ring is 2. The average molecular weight is 356 g/mol. The number of nitrogens with zero attached hydrogens (tertiary/aromatic N) is 2. The summed E-state index contributed by atoms with van der Waals surface area (Å²) in [5.41, 5.74) is 13.3. The molecule has 26 heavy (non-hydrogen) atoms. The summed E-state index contributed by atoms with van der Waals surface area (Å²) in [5.74, 6) is -1.26. The molecule has 0 spiro atoms. The van der Waals surface area contributed by atoms with Crippen molar-refractivity contribution in [1.82, 2.24) is 9.78 Å². The molecule has 0 amide bonds. The van der Waals surface area contributed by atoms with Crippen molar-refractivity contribution in [3.63, 3.8) is 0 Å². The minimum Gasteiger partial charge on any atom is -0.397 e. The van der Waals surface area contributed by atoms with Gasteiger partial charge in [0.1, 0.15) is 11.6 Å². The van der Waals surface area contributed by atoms with Gasteiger partial charge in [-0.3, -0.25) is 4.79 Å². The van der Waals surface area contributed by atoms with Gasteiger partial charge in [-0.2, -0.15) is 5.10 Å². The van der Waals surface area contributed by atoms with Gasteiger partial charge in [0.25, 0.3) is 5.56 Å². The first kappa shape index (κ1) is 17.6. The van der Waals surface area contributed by atoms with Crippen molar-refractivity contribution in [1.29, 1.82) is 0 Å². The summed E-state index contributed by atoms with van der Waals surface area (Å²) >= 11 is 0. The number of nitrogens with two attached hydrogens (primary N) is 2. The molecule has 0 unspecified atom stereocenters. The standard InChI is InChI=1S/C19H18F2N4O/c1-2-13-14(20)8-12(9-15(13)21)18-5-6-19(26)25(24-18)10-11-3-4-16(22)17(23)7-11/h3-9H,2,10,22-23H2,1H3. The molecule has 3 rings (SSSR count). The molecule has 134 valence electrons. The number of aromatic nitrogens is 2. The number of halogens is 2. The van der Waals surface area contributed by atoms with Crippen molar-refractivity contribution in [3.8, 4) is 11.3 Å². The van der Waals surface area contributed by atoms with Crippen molar-refractivity contribution < 1.29 is 8.78 Å². The third-order valence-electron chi connectivity index (χ3n) is 4.14. The maximum absolute atomic E-state index is 14.0. The minimum absolute atomic E-state index is 0.0272. The Kier molecular flexibility index (Phi) is 4.71. The predicted octanol–water partition coefficient (Wildman–Crippen LogP) is 2.96. The Morgan fingerprint density at radius 1 is 1.00 bits per heavy atom. The summed E-state index contributed by atoms with van der Waals surface area (Å²) in [6, 6.07) is 10.2. The molecule has 5 nitrogen and oxygen atoms in total. The molecule has 0 radical (unpaired) electrons. The van der Waals surface area contributed by atoms with E-state index in [1.165, 1.54) is 28.9 Å². The van der Waals surface area contributed by atoms with Gasteiger partial charge >= 0.3 is 0 Å². The topological polar surface area (TPSA) is 86.9 Å². The van der Waals surface area contributed by atoms with Crippen molar-refractivity contribution in [3.05, 3.63) is 75.6 Å². The molecular formula is C19H18F2N4O. The lowest BCUT2D eigenvalue weighted by Gasteiger charge is -2.10. The summed E-state index contributed by atoms with van der Waals surface area (Å²) in [4.78, 5) is 12.1. The lowest BCUT2D eigenvalue weighted by Crippen LogP contribution is -2.23. The van der Waals surface area contributed by atoms with Crippen LogP contribution in [-0.4, -0.2) is 9.78 Å². The Hall–Kier alpha value is -3.22. The molecule has 0 saturated heterocycles. The lowest BCUT2D eigenvalue weighted by molar-refractivity contribution is 0.559. The number of hydrogen-bond acceptors (Lipinski definition) is 4. The molecule has 0 bridgehead atoms. The summed E-state index contributed by atoms with van der Waals surface area (Å²) in [6.45, 7) is 1.84. The van der Waals surface area contributed by atoms with Crippen LogP contribution in [0.4, 0.5) is 20.2 Å². The van der Waals surface area contributed by atoms with Gasteiger partial charge in [-0.25, -0.2) is 13.5 Å². The van der Waals surface area contributed by atoms with E-state index in [0.29, 0.717) is 17.1 Å². The molecule has 1 heterocycles. The van der Waals surface area contributed by atoms with E-state index in [2.05, 4.69) is 5.10 Å². The molecule has 0 fully saturated rings. The first-order chi connectivity index (χ1) is 12.4. The Morgan fingerprint density at radius 2 is 1.69 bits per heavy atom. The Labute approximate surface area is 148 Å². The third-order valence-corrected chi connectivity index (χ3v) is 4.14. The van der Waals surface area contributed by atoms with E-state index in [-0.39, 0.29) is 29.7 Å². The third kappa shape index (κ3) is 3.42. The molecule has 0 aliphatic heterocycles. The minimum atomic E-state index is -0.631. The Balaban J connectivity index is 2.00. The van der Waals surface area contributed by atoms with E-state index in [1.807, 2.05) is 0 Å². The van der Waals surface area contributed by atoms with Crippen LogP contribution >= 0.6 is 0 Å². The highest BCUT2D eigenvalue weighted by Crippen LogP contribution is 2.23. The number of hydrogen-bond donors (Lipinski definition) is 2. The van der Waals surface area contributed by atoms with Gasteiger partial charge in [-0.15, -0.1) is 0 Å². The summed E-state index contributed by atoms with van der Waals surface area (Å²) in [6.07, 6.45) is 0.253. The zero-order valence-electron chi connectivity index (χ0n) is 14.2. The van der Waals surface area contributed by atoms with Crippen LogP contribution in [0.2, 0.25) is 0 Å². The maximum atomic E-state index is 14.0. The highest BCUT2D eigenvalue weighted by Gasteiger charge is 2.12. The summed E-state index contributed by atoms with van der Waals surface area (Å²) in [5, 5.41) is 4.23. The molecule has 4 N–H and O–H groups in total. The van der Waals surface area contributed by atoms with Crippen molar-refractivity contribution in [2.45, 2.75) is 19.9 Å². The molecular weight excluding hydrogens is 338 g/mol. The van der Waals surface area contributed by atoms with Gasteiger partial charge < -0.3 is 11.5 Å². The molecule has 0 aliphatic rings. The van der Waals surface area contributed by atoms with Crippen molar-refractivity contribution >= 4 is 11.4 Å². The quantitative estimate of drug-likeness (QED) is 0.704. The molecule has 0 atom stereocenters. The molecule has 1 aromatic heterocycles. The van der Waals surface area contributed by atoms with E-state index < -0.39 is 11.6 Å². The summed E-state index contributed by atoms with van der Waals surface area (Å²) < 4.78 is 29.3. The van der Waals surface area contributed by atoms with Gasteiger partial charge in [-0.1, -0.05) is 13.0 Å². The predicted molar refractivity (Wildman–Crippen MR) is 97.6 cm³/mol. The molecule has 3 aromatic rings. The fourth-order valence-electron chi connectivity index (χ4n) is 2.70. The fraction of sp³-hybridized carbons (Fsp3) is 0.158. The molecule has 2 aromatic carbocycles. The zero-order chi connectivity index (χ0) is 18.8. The van der Waals surface area contributed by atoms with Crippen LogP contribution in [0, 0.1) is 11.6 Å². The number of rotatable bonds is 4. The second-order valence-electron chi connectivity index (χ2n) is 5.95. The second-order valence-corrected chi connectivity index (χ2v) is 5.95. The number of anilines is 2. The van der Waals surface area contributed by atoms with Crippen LogP contribution in [0.3, 0.4) is 0 Å². The number of benzene rings is 2. The van der Waals surface area contributed by atoms with Gasteiger partial charge in [0.05, 0.1) is 23.6 Å². The zero-order valence-corrected chi connectivity index (χ0v) is 14.2.